The van der Waals surface area contributed by atoms with Crippen molar-refractivity contribution in [2.75, 3.05) is 26.2 Å². The van der Waals surface area contributed by atoms with Crippen LogP contribution in [-0.4, -0.2) is 41.9 Å². The monoisotopic (exact) mass is 298 g/mol. The van der Waals surface area contributed by atoms with Gasteiger partial charge in [0.15, 0.2) is 5.76 Å². The van der Waals surface area contributed by atoms with Crippen LogP contribution in [0.2, 0.25) is 0 Å². The number of nitrogens with zero attached hydrogens (tertiary/aromatic N) is 2. The van der Waals surface area contributed by atoms with Gasteiger partial charge in [-0.25, -0.2) is 0 Å². The molecule has 0 N–H and O–H groups in total. The van der Waals surface area contributed by atoms with E-state index < -0.39 is 0 Å². The van der Waals surface area contributed by atoms with Gasteiger partial charge in [-0.05, 0) is 25.0 Å². The van der Waals surface area contributed by atoms with Gasteiger partial charge in [0.2, 0.25) is 0 Å². The van der Waals surface area contributed by atoms with Gasteiger partial charge >= 0.3 is 0 Å². The minimum absolute atomic E-state index is 0.0176. The smallest absolute Gasteiger partial charge is 0.289 e. The molecule has 1 aliphatic rings. The third kappa shape index (κ3) is 3.39. The number of carbonyl (C=O) groups is 1. The third-order valence-corrected chi connectivity index (χ3v) is 4.18. The van der Waals surface area contributed by atoms with E-state index in [4.69, 9.17) is 4.42 Å². The molecule has 3 rings (SSSR count). The van der Waals surface area contributed by atoms with Gasteiger partial charge < -0.3 is 9.32 Å². The van der Waals surface area contributed by atoms with E-state index >= 15 is 0 Å². The van der Waals surface area contributed by atoms with Gasteiger partial charge in [0.25, 0.3) is 5.91 Å². The van der Waals surface area contributed by atoms with Crippen LogP contribution < -0.4 is 0 Å². The molecule has 0 aliphatic carbocycles. The molecular formula is C18H22N2O2. The topological polar surface area (TPSA) is 36.7 Å². The van der Waals surface area contributed by atoms with Crippen molar-refractivity contribution in [1.82, 2.24) is 9.80 Å². The average molecular weight is 298 g/mol. The van der Waals surface area contributed by atoms with Crippen LogP contribution in [0.5, 0.6) is 0 Å². The lowest BCUT2D eigenvalue weighted by Crippen LogP contribution is -2.35. The fourth-order valence-corrected chi connectivity index (χ4v) is 2.91. The molecule has 1 amide bonds. The van der Waals surface area contributed by atoms with E-state index in [1.807, 2.05) is 24.0 Å². The fraction of sp³-hybridized carbons (Fsp3) is 0.389. The highest BCUT2D eigenvalue weighted by atomic mass is 16.3. The maximum absolute atomic E-state index is 12.5. The molecule has 1 aliphatic heterocycles. The number of benzene rings is 1. The number of hydrogen-bond acceptors (Lipinski definition) is 3. The third-order valence-electron chi connectivity index (χ3n) is 4.18. The molecule has 0 unspecified atom stereocenters. The van der Waals surface area contributed by atoms with Crippen LogP contribution in [-0.2, 0) is 6.54 Å². The van der Waals surface area contributed by atoms with Gasteiger partial charge in [-0.3, -0.25) is 9.69 Å². The first kappa shape index (κ1) is 14.9. The molecule has 1 saturated heterocycles. The van der Waals surface area contributed by atoms with E-state index in [1.165, 1.54) is 5.56 Å². The summed E-state index contributed by atoms with van der Waals surface area (Å²) in [5.74, 6) is 0.501. The highest BCUT2D eigenvalue weighted by molar-refractivity contribution is 5.92. The zero-order chi connectivity index (χ0) is 15.4. The minimum atomic E-state index is 0.0176. The maximum Gasteiger partial charge on any atom is 0.289 e. The van der Waals surface area contributed by atoms with E-state index in [0.29, 0.717) is 5.76 Å². The van der Waals surface area contributed by atoms with E-state index in [0.717, 1.165) is 44.7 Å². The van der Waals surface area contributed by atoms with Crippen molar-refractivity contribution in [3.8, 4) is 0 Å². The molecule has 0 radical (unpaired) electrons. The molecule has 4 heteroatoms. The standard InChI is InChI=1S/C18H22N2O2/c1-15-8-13-22-17(15)18(21)20-10-5-9-19(11-12-20)14-16-6-3-2-4-7-16/h2-4,6-8,13H,5,9-12,14H2,1H3. The number of furan rings is 1. The van der Waals surface area contributed by atoms with Crippen molar-refractivity contribution in [2.45, 2.75) is 19.9 Å². The van der Waals surface area contributed by atoms with Crippen molar-refractivity contribution in [3.63, 3.8) is 0 Å². The predicted octanol–water partition coefficient (Wildman–Crippen LogP) is 2.94. The lowest BCUT2D eigenvalue weighted by molar-refractivity contribution is 0.0728. The van der Waals surface area contributed by atoms with Crippen molar-refractivity contribution in [1.29, 1.82) is 0 Å². The largest absolute Gasteiger partial charge is 0.459 e. The molecule has 2 aromatic rings. The second-order valence-electron chi connectivity index (χ2n) is 5.84. The molecule has 1 aromatic carbocycles. The number of rotatable bonds is 3. The van der Waals surface area contributed by atoms with E-state index in [1.54, 1.807) is 6.26 Å². The molecule has 0 spiro atoms. The summed E-state index contributed by atoms with van der Waals surface area (Å²) in [4.78, 5) is 16.8. The zero-order valence-corrected chi connectivity index (χ0v) is 13.0. The fourth-order valence-electron chi connectivity index (χ4n) is 2.91. The van der Waals surface area contributed by atoms with Gasteiger partial charge in [0, 0.05) is 38.3 Å². The predicted molar refractivity (Wildman–Crippen MR) is 85.7 cm³/mol. The molecular weight excluding hydrogens is 276 g/mol. The van der Waals surface area contributed by atoms with Crippen LogP contribution in [0.4, 0.5) is 0 Å². The summed E-state index contributed by atoms with van der Waals surface area (Å²) in [6, 6.07) is 12.3. The van der Waals surface area contributed by atoms with E-state index in [9.17, 15) is 4.79 Å². The second kappa shape index (κ2) is 6.79. The summed E-state index contributed by atoms with van der Waals surface area (Å²) in [6.45, 7) is 6.34. The normalized spacial score (nSPS) is 16.5. The Morgan fingerprint density at radius 3 is 2.64 bits per heavy atom. The van der Waals surface area contributed by atoms with Crippen LogP contribution in [0.15, 0.2) is 47.1 Å². The molecule has 0 saturated carbocycles. The average Bonchev–Trinajstić information content (AvgIpc) is 2.82. The van der Waals surface area contributed by atoms with Crippen molar-refractivity contribution in [3.05, 3.63) is 59.5 Å². The summed E-state index contributed by atoms with van der Waals surface area (Å²) in [6.07, 6.45) is 2.58. The van der Waals surface area contributed by atoms with E-state index in [2.05, 4.69) is 29.2 Å². The molecule has 22 heavy (non-hydrogen) atoms. The first-order chi connectivity index (χ1) is 10.7. The Labute approximate surface area is 131 Å². The summed E-state index contributed by atoms with van der Waals surface area (Å²) in [7, 11) is 0. The molecule has 0 bridgehead atoms. The van der Waals surface area contributed by atoms with Crippen LogP contribution in [0.1, 0.15) is 28.1 Å². The Balaban J connectivity index is 1.60. The maximum atomic E-state index is 12.5. The first-order valence-electron chi connectivity index (χ1n) is 7.83. The van der Waals surface area contributed by atoms with E-state index in [-0.39, 0.29) is 5.91 Å². The Morgan fingerprint density at radius 2 is 1.91 bits per heavy atom. The van der Waals surface area contributed by atoms with Crippen molar-refractivity contribution in [2.24, 2.45) is 0 Å². The molecule has 1 fully saturated rings. The van der Waals surface area contributed by atoms with Crippen molar-refractivity contribution < 1.29 is 9.21 Å². The van der Waals surface area contributed by atoms with Crippen LogP contribution in [0, 0.1) is 6.92 Å². The van der Waals surface area contributed by atoms with Crippen LogP contribution in [0.25, 0.3) is 0 Å². The Hall–Kier alpha value is -2.07. The van der Waals surface area contributed by atoms with Crippen molar-refractivity contribution >= 4 is 5.91 Å². The Kier molecular flexibility index (Phi) is 4.59. The van der Waals surface area contributed by atoms with Gasteiger partial charge in [-0.1, -0.05) is 30.3 Å². The molecule has 2 heterocycles. The number of amides is 1. The summed E-state index contributed by atoms with van der Waals surface area (Å²) >= 11 is 0. The highest BCUT2D eigenvalue weighted by Gasteiger charge is 2.23. The molecule has 116 valence electrons. The van der Waals surface area contributed by atoms with Crippen LogP contribution in [0.3, 0.4) is 0 Å². The second-order valence-corrected chi connectivity index (χ2v) is 5.84. The quantitative estimate of drug-likeness (QED) is 0.874. The Morgan fingerprint density at radius 1 is 1.09 bits per heavy atom. The van der Waals surface area contributed by atoms with Gasteiger partial charge in [0.05, 0.1) is 6.26 Å². The highest BCUT2D eigenvalue weighted by Crippen LogP contribution is 2.15. The minimum Gasteiger partial charge on any atom is -0.459 e. The number of aryl methyl sites for hydroxylation is 1. The Bertz CT molecular complexity index is 621. The van der Waals surface area contributed by atoms with Gasteiger partial charge in [-0.2, -0.15) is 0 Å². The van der Waals surface area contributed by atoms with Gasteiger partial charge in [-0.15, -0.1) is 0 Å². The molecule has 1 aromatic heterocycles. The lowest BCUT2D eigenvalue weighted by atomic mass is 10.2. The molecule has 0 atom stereocenters. The summed E-state index contributed by atoms with van der Waals surface area (Å²) in [5.41, 5.74) is 2.24. The molecule has 4 nitrogen and oxygen atoms in total. The number of hydrogen-bond donors (Lipinski definition) is 0. The lowest BCUT2D eigenvalue weighted by Gasteiger charge is -2.21. The van der Waals surface area contributed by atoms with Crippen LogP contribution >= 0.6 is 0 Å². The number of carbonyl (C=O) groups excluding carboxylic acids is 1. The summed E-state index contributed by atoms with van der Waals surface area (Å²) in [5, 5.41) is 0. The zero-order valence-electron chi connectivity index (χ0n) is 13.0. The van der Waals surface area contributed by atoms with Gasteiger partial charge in [0.1, 0.15) is 0 Å². The first-order valence-corrected chi connectivity index (χ1v) is 7.83. The SMILES string of the molecule is Cc1ccoc1C(=O)N1CCCN(Cc2ccccc2)CC1. The summed E-state index contributed by atoms with van der Waals surface area (Å²) < 4.78 is 5.34.